The molecular formula is C8H17O2. The summed E-state index contributed by atoms with van der Waals surface area (Å²) < 4.78 is 0. The Kier molecular flexibility index (Phi) is 4.65. The van der Waals surface area contributed by atoms with Crippen molar-refractivity contribution in [3.8, 4) is 0 Å². The van der Waals surface area contributed by atoms with Crippen LogP contribution in [0.15, 0.2) is 0 Å². The molecule has 0 saturated carbocycles. The molecule has 0 amide bonds. The first-order chi connectivity index (χ1) is 4.59. The third-order valence-corrected chi connectivity index (χ3v) is 1.32. The predicted molar refractivity (Wildman–Crippen MR) is 41.0 cm³/mol. The van der Waals surface area contributed by atoms with Crippen molar-refractivity contribution in [1.82, 2.24) is 0 Å². The Morgan fingerprint density at radius 3 is 1.50 bits per heavy atom. The summed E-state index contributed by atoms with van der Waals surface area (Å²) in [5.41, 5.74) is 0. The third kappa shape index (κ3) is 3.18. The summed E-state index contributed by atoms with van der Waals surface area (Å²) in [6.45, 7) is 8.37. The molecule has 0 aliphatic rings. The molecule has 0 N–H and O–H groups in total. The summed E-state index contributed by atoms with van der Waals surface area (Å²) >= 11 is 0. The van der Waals surface area contributed by atoms with Crippen molar-refractivity contribution in [3.05, 3.63) is 6.10 Å². The van der Waals surface area contributed by atoms with Crippen molar-refractivity contribution < 1.29 is 9.78 Å². The summed E-state index contributed by atoms with van der Waals surface area (Å²) in [4.78, 5) is 9.57. The van der Waals surface area contributed by atoms with Crippen molar-refractivity contribution in [3.63, 3.8) is 0 Å². The number of hydrogen-bond acceptors (Lipinski definition) is 2. The number of rotatable bonds is 4. The second kappa shape index (κ2) is 4.69. The standard InChI is InChI=1S/C8H17O2/c1-6(2)8(7(3)4)10-9-5/h6-7H,1-5H3. The van der Waals surface area contributed by atoms with Gasteiger partial charge in [0.2, 0.25) is 0 Å². The van der Waals surface area contributed by atoms with Gasteiger partial charge in [-0.15, -0.1) is 0 Å². The van der Waals surface area contributed by atoms with Crippen LogP contribution in [-0.2, 0) is 9.78 Å². The molecule has 0 aromatic rings. The zero-order valence-corrected chi connectivity index (χ0v) is 7.47. The molecule has 0 atom stereocenters. The minimum atomic E-state index is 0.431. The van der Waals surface area contributed by atoms with Crippen LogP contribution >= 0.6 is 0 Å². The van der Waals surface area contributed by atoms with Crippen LogP contribution < -0.4 is 0 Å². The molecule has 2 nitrogen and oxygen atoms in total. The Balaban J connectivity index is 3.73. The molecule has 0 saturated heterocycles. The molecule has 0 fully saturated rings. The molecule has 0 aromatic carbocycles. The minimum absolute atomic E-state index is 0.431. The topological polar surface area (TPSA) is 18.5 Å². The summed E-state index contributed by atoms with van der Waals surface area (Å²) in [6, 6.07) is 0. The van der Waals surface area contributed by atoms with E-state index in [1.807, 2.05) is 0 Å². The molecule has 1 radical (unpaired) electrons. The van der Waals surface area contributed by atoms with Crippen molar-refractivity contribution in [2.75, 3.05) is 7.11 Å². The lowest BCUT2D eigenvalue weighted by atomic mass is 9.97. The van der Waals surface area contributed by atoms with Gasteiger partial charge >= 0.3 is 0 Å². The average Bonchev–Trinajstić information content (AvgIpc) is 1.81. The van der Waals surface area contributed by atoms with E-state index in [0.717, 1.165) is 6.10 Å². The molecular weight excluding hydrogens is 128 g/mol. The molecule has 0 bridgehead atoms. The first-order valence-corrected chi connectivity index (χ1v) is 3.67. The second-order valence-corrected chi connectivity index (χ2v) is 2.96. The average molecular weight is 145 g/mol. The first kappa shape index (κ1) is 9.92. The first-order valence-electron chi connectivity index (χ1n) is 3.67. The van der Waals surface area contributed by atoms with Crippen LogP contribution in [0.25, 0.3) is 0 Å². The van der Waals surface area contributed by atoms with Crippen LogP contribution in [0.1, 0.15) is 27.7 Å². The Morgan fingerprint density at radius 2 is 1.40 bits per heavy atom. The highest BCUT2D eigenvalue weighted by Crippen LogP contribution is 2.23. The Hall–Kier alpha value is -0.0800. The lowest BCUT2D eigenvalue weighted by Gasteiger charge is -2.20. The number of hydrogen-bond donors (Lipinski definition) is 0. The Morgan fingerprint density at radius 1 is 1.00 bits per heavy atom. The van der Waals surface area contributed by atoms with Gasteiger partial charge < -0.3 is 0 Å². The van der Waals surface area contributed by atoms with Crippen LogP contribution in [0.5, 0.6) is 0 Å². The molecule has 2 heteroatoms. The van der Waals surface area contributed by atoms with Gasteiger partial charge in [0, 0.05) is 0 Å². The van der Waals surface area contributed by atoms with Crippen LogP contribution in [0.3, 0.4) is 0 Å². The lowest BCUT2D eigenvalue weighted by Crippen LogP contribution is -2.16. The van der Waals surface area contributed by atoms with E-state index in [4.69, 9.17) is 4.89 Å². The highest BCUT2D eigenvalue weighted by Gasteiger charge is 2.19. The van der Waals surface area contributed by atoms with E-state index in [9.17, 15) is 0 Å². The molecule has 0 aliphatic carbocycles. The zero-order valence-electron chi connectivity index (χ0n) is 7.47. The molecule has 0 rings (SSSR count). The van der Waals surface area contributed by atoms with Gasteiger partial charge in [-0.05, 0) is 11.8 Å². The maximum absolute atomic E-state index is 4.98. The quantitative estimate of drug-likeness (QED) is 0.446. The zero-order chi connectivity index (χ0) is 8.15. The highest BCUT2D eigenvalue weighted by molar-refractivity contribution is 4.84. The van der Waals surface area contributed by atoms with E-state index >= 15 is 0 Å². The Labute approximate surface area is 63.5 Å². The van der Waals surface area contributed by atoms with Crippen LogP contribution in [-0.4, -0.2) is 7.11 Å². The van der Waals surface area contributed by atoms with E-state index in [1.165, 1.54) is 7.11 Å². The van der Waals surface area contributed by atoms with Gasteiger partial charge in [0.25, 0.3) is 0 Å². The van der Waals surface area contributed by atoms with Crippen molar-refractivity contribution >= 4 is 0 Å². The fraction of sp³-hybridized carbons (Fsp3) is 0.875. The van der Waals surface area contributed by atoms with Crippen molar-refractivity contribution in [2.24, 2.45) is 11.8 Å². The van der Waals surface area contributed by atoms with Gasteiger partial charge in [0.1, 0.15) is 6.10 Å². The van der Waals surface area contributed by atoms with E-state index < -0.39 is 0 Å². The van der Waals surface area contributed by atoms with Gasteiger partial charge in [0.15, 0.2) is 0 Å². The maximum Gasteiger partial charge on any atom is 0.140 e. The fourth-order valence-electron chi connectivity index (χ4n) is 0.955. The normalized spacial score (nSPS) is 12.0. The van der Waals surface area contributed by atoms with E-state index in [2.05, 4.69) is 32.6 Å². The van der Waals surface area contributed by atoms with Crippen LogP contribution in [0.2, 0.25) is 0 Å². The van der Waals surface area contributed by atoms with Gasteiger partial charge in [-0.2, -0.15) is 0 Å². The fourth-order valence-corrected chi connectivity index (χ4v) is 0.955. The minimum Gasteiger partial charge on any atom is -0.239 e. The lowest BCUT2D eigenvalue weighted by molar-refractivity contribution is -0.278. The highest BCUT2D eigenvalue weighted by atomic mass is 17.2. The third-order valence-electron chi connectivity index (χ3n) is 1.32. The van der Waals surface area contributed by atoms with Crippen molar-refractivity contribution in [1.29, 1.82) is 0 Å². The van der Waals surface area contributed by atoms with Gasteiger partial charge in [-0.1, -0.05) is 27.7 Å². The largest absolute Gasteiger partial charge is 0.239 e. The molecule has 61 valence electrons. The summed E-state index contributed by atoms with van der Waals surface area (Å²) in [5.74, 6) is 0.861. The molecule has 0 spiro atoms. The smallest absolute Gasteiger partial charge is 0.140 e. The van der Waals surface area contributed by atoms with E-state index in [1.54, 1.807) is 0 Å². The molecule has 0 unspecified atom stereocenters. The van der Waals surface area contributed by atoms with Crippen LogP contribution in [0.4, 0.5) is 0 Å². The van der Waals surface area contributed by atoms with Gasteiger partial charge in [-0.3, -0.25) is 0 Å². The SMILES string of the molecule is COO[C](C(C)C)C(C)C. The summed E-state index contributed by atoms with van der Waals surface area (Å²) in [5, 5.41) is 0. The molecule has 10 heavy (non-hydrogen) atoms. The second-order valence-electron chi connectivity index (χ2n) is 2.96. The molecule has 0 heterocycles. The van der Waals surface area contributed by atoms with E-state index in [-0.39, 0.29) is 0 Å². The summed E-state index contributed by atoms with van der Waals surface area (Å²) in [7, 11) is 1.53. The predicted octanol–water partition coefficient (Wildman–Crippen LogP) is 2.41. The summed E-state index contributed by atoms with van der Waals surface area (Å²) in [6.07, 6.45) is 1.00. The molecule has 0 aliphatic heterocycles. The van der Waals surface area contributed by atoms with E-state index in [0.29, 0.717) is 11.8 Å². The molecule has 0 aromatic heterocycles. The van der Waals surface area contributed by atoms with Crippen molar-refractivity contribution in [2.45, 2.75) is 27.7 Å². The van der Waals surface area contributed by atoms with Gasteiger partial charge in [-0.25, -0.2) is 9.78 Å². The Bertz CT molecular complexity index is 71.3. The monoisotopic (exact) mass is 145 g/mol. The van der Waals surface area contributed by atoms with Crippen LogP contribution in [0, 0.1) is 17.9 Å². The van der Waals surface area contributed by atoms with Gasteiger partial charge in [0.05, 0.1) is 7.11 Å². The maximum atomic E-state index is 4.98.